The van der Waals surface area contributed by atoms with E-state index in [1.165, 1.54) is 0 Å². The Kier molecular flexibility index (Phi) is 1.85. The van der Waals surface area contributed by atoms with Crippen molar-refractivity contribution in [1.29, 1.82) is 0 Å². The van der Waals surface area contributed by atoms with Crippen LogP contribution < -0.4 is 0 Å². The van der Waals surface area contributed by atoms with Crippen LogP contribution in [0.15, 0.2) is 11.1 Å². The molecule has 4 bridgehead atoms. The van der Waals surface area contributed by atoms with Crippen LogP contribution in [-0.4, -0.2) is 13.2 Å². The molecule has 1 aliphatic heterocycles. The Labute approximate surface area is 127 Å². The molecule has 0 N–H and O–H groups in total. The van der Waals surface area contributed by atoms with Gasteiger partial charge in [0.25, 0.3) is 0 Å². The van der Waals surface area contributed by atoms with E-state index in [1.807, 2.05) is 11.1 Å². The number of ether oxygens (including phenoxy) is 1. The Bertz CT molecular complexity index is 482. The van der Waals surface area contributed by atoms with Gasteiger partial charge in [-0.2, -0.15) is 0 Å². The molecule has 1 nitrogen and oxygen atoms in total. The van der Waals surface area contributed by atoms with Crippen molar-refractivity contribution < 1.29 is 4.74 Å². The van der Waals surface area contributed by atoms with Gasteiger partial charge < -0.3 is 4.74 Å². The highest BCUT2D eigenvalue weighted by Gasteiger charge is 2.69. The number of fused-ring (bicyclic) bond motifs is 10. The first-order chi connectivity index (χ1) is 10.4. The van der Waals surface area contributed by atoms with Gasteiger partial charge in [-0.05, 0) is 109 Å². The van der Waals surface area contributed by atoms with E-state index in [1.54, 1.807) is 38.5 Å². The molecule has 0 aromatic carbocycles. The molecule has 7 rings (SSSR count). The second-order valence-electron chi connectivity index (χ2n) is 9.57. The lowest BCUT2D eigenvalue weighted by Crippen LogP contribution is -2.07. The van der Waals surface area contributed by atoms with Crippen molar-refractivity contribution in [2.24, 2.45) is 59.2 Å². The first-order valence-corrected chi connectivity index (χ1v) is 9.71. The summed E-state index contributed by atoms with van der Waals surface area (Å²) in [5.74, 6) is 11.0. The second-order valence-corrected chi connectivity index (χ2v) is 9.57. The van der Waals surface area contributed by atoms with Gasteiger partial charge in [-0.15, -0.1) is 0 Å². The Balaban J connectivity index is 1.23. The summed E-state index contributed by atoms with van der Waals surface area (Å²) in [6.07, 6.45) is 9.42. The molecular weight excluding hydrogens is 256 g/mol. The van der Waals surface area contributed by atoms with Crippen molar-refractivity contribution in [3.8, 4) is 0 Å². The van der Waals surface area contributed by atoms with E-state index in [0.717, 1.165) is 72.4 Å². The van der Waals surface area contributed by atoms with Gasteiger partial charge in [-0.1, -0.05) is 0 Å². The van der Waals surface area contributed by atoms with E-state index in [9.17, 15) is 0 Å². The number of rotatable bonds is 2. The van der Waals surface area contributed by atoms with E-state index < -0.39 is 0 Å². The summed E-state index contributed by atoms with van der Waals surface area (Å²) in [6, 6.07) is 0. The summed E-state index contributed by atoms with van der Waals surface area (Å²) in [5.41, 5.74) is 3.72. The zero-order valence-electron chi connectivity index (χ0n) is 12.8. The van der Waals surface area contributed by atoms with Crippen LogP contribution in [0.25, 0.3) is 0 Å². The second kappa shape index (κ2) is 3.45. The molecule has 6 saturated carbocycles. The normalized spacial score (nSPS) is 65.1. The maximum absolute atomic E-state index is 6.01. The lowest BCUT2D eigenvalue weighted by molar-refractivity contribution is 0.197. The summed E-state index contributed by atoms with van der Waals surface area (Å²) in [7, 11) is 0. The van der Waals surface area contributed by atoms with Gasteiger partial charge in [0, 0.05) is 0 Å². The number of hydrogen-bond acceptors (Lipinski definition) is 1. The summed E-state index contributed by atoms with van der Waals surface area (Å²) < 4.78 is 6.01. The Morgan fingerprint density at radius 3 is 1.33 bits per heavy atom. The molecule has 112 valence electrons. The van der Waals surface area contributed by atoms with Gasteiger partial charge in [-0.25, -0.2) is 0 Å². The Morgan fingerprint density at radius 1 is 0.571 bits per heavy atom. The van der Waals surface area contributed by atoms with E-state index in [0.29, 0.717) is 0 Å². The van der Waals surface area contributed by atoms with Gasteiger partial charge in [0.05, 0.1) is 13.2 Å². The van der Waals surface area contributed by atoms with E-state index in [-0.39, 0.29) is 0 Å². The van der Waals surface area contributed by atoms with Crippen molar-refractivity contribution in [1.82, 2.24) is 0 Å². The molecule has 2 unspecified atom stereocenters. The zero-order valence-corrected chi connectivity index (χ0v) is 12.8. The Morgan fingerprint density at radius 2 is 0.952 bits per heavy atom. The van der Waals surface area contributed by atoms with Gasteiger partial charge in [-0.3, -0.25) is 0 Å². The minimum Gasteiger partial charge on any atom is -0.373 e. The summed E-state index contributed by atoms with van der Waals surface area (Å²) in [4.78, 5) is 0. The highest BCUT2D eigenvalue weighted by molar-refractivity contribution is 5.38. The first-order valence-electron chi connectivity index (χ1n) is 9.71. The third-order valence-electron chi connectivity index (χ3n) is 9.20. The molecule has 1 heterocycles. The average Bonchev–Trinajstić information content (AvgIpc) is 3.05. The van der Waals surface area contributed by atoms with Crippen molar-refractivity contribution in [2.75, 3.05) is 13.2 Å². The third-order valence-corrected chi connectivity index (χ3v) is 9.20. The van der Waals surface area contributed by atoms with Gasteiger partial charge in [0.15, 0.2) is 0 Å². The van der Waals surface area contributed by atoms with Crippen LogP contribution in [0.4, 0.5) is 0 Å². The zero-order chi connectivity index (χ0) is 13.3. The maximum atomic E-state index is 6.01. The topological polar surface area (TPSA) is 9.23 Å². The lowest BCUT2D eigenvalue weighted by atomic mass is 9.90. The van der Waals surface area contributed by atoms with E-state index >= 15 is 0 Å². The predicted molar refractivity (Wildman–Crippen MR) is 80.4 cm³/mol. The Hall–Kier alpha value is -0.300. The molecule has 0 aromatic rings. The van der Waals surface area contributed by atoms with Crippen molar-refractivity contribution in [3.05, 3.63) is 11.1 Å². The lowest BCUT2D eigenvalue weighted by Gasteiger charge is -2.14. The minimum absolute atomic E-state index is 1.01. The molecule has 0 aromatic heterocycles. The van der Waals surface area contributed by atoms with E-state index in [2.05, 4.69) is 0 Å². The average molecular weight is 282 g/mol. The quantitative estimate of drug-likeness (QED) is 0.698. The minimum atomic E-state index is 1.01. The maximum Gasteiger partial charge on any atom is 0.0687 e. The molecule has 21 heavy (non-hydrogen) atoms. The first kappa shape index (κ1) is 11.3. The fraction of sp³-hybridized carbons (Fsp3) is 0.900. The monoisotopic (exact) mass is 282 g/mol. The fourth-order valence-corrected chi connectivity index (χ4v) is 8.66. The molecule has 7 aliphatic rings. The van der Waals surface area contributed by atoms with Crippen LogP contribution >= 0.6 is 0 Å². The molecule has 1 heteroatoms. The standard InChI is InChI=1S/C20H26O/c1-2-10-5-9(1)15-16(10)19(15)13-7-21-8-14(13)20-17-11-3-4-12(6-11)18(17)20/h9-12,15-20H,1-8H2/t9-,10+,11-,12+,15+,16-,17+,18-,19?,20?. The van der Waals surface area contributed by atoms with E-state index in [4.69, 9.17) is 4.74 Å². The van der Waals surface area contributed by atoms with Gasteiger partial charge in [0.1, 0.15) is 0 Å². The van der Waals surface area contributed by atoms with Crippen molar-refractivity contribution in [2.45, 2.75) is 38.5 Å². The van der Waals surface area contributed by atoms with Crippen LogP contribution in [0.1, 0.15) is 38.5 Å². The van der Waals surface area contributed by atoms with Crippen LogP contribution in [0.2, 0.25) is 0 Å². The van der Waals surface area contributed by atoms with Crippen molar-refractivity contribution >= 4 is 0 Å². The summed E-state index contributed by atoms with van der Waals surface area (Å²) in [6.45, 7) is 2.05. The molecule has 0 amide bonds. The molecular formula is C20H26O. The largest absolute Gasteiger partial charge is 0.373 e. The molecule has 6 fully saturated rings. The SMILES string of the molecule is C1OCC(C2[C@@H]3[C@H]4CC[C@H](C4)[C@H]23)=C1C1[C@@H]2[C@H]3CC[C@H](C3)[C@H]12. The van der Waals surface area contributed by atoms with Crippen LogP contribution in [0.3, 0.4) is 0 Å². The summed E-state index contributed by atoms with van der Waals surface area (Å²) in [5, 5.41) is 0. The highest BCUT2D eigenvalue weighted by Crippen LogP contribution is 2.75. The summed E-state index contributed by atoms with van der Waals surface area (Å²) >= 11 is 0. The van der Waals surface area contributed by atoms with Gasteiger partial charge >= 0.3 is 0 Å². The smallest absolute Gasteiger partial charge is 0.0687 e. The van der Waals surface area contributed by atoms with Gasteiger partial charge in [0.2, 0.25) is 0 Å². The molecule has 0 spiro atoms. The predicted octanol–water partition coefficient (Wildman–Crippen LogP) is 3.90. The van der Waals surface area contributed by atoms with Crippen LogP contribution in [0, 0.1) is 59.2 Å². The fourth-order valence-electron chi connectivity index (χ4n) is 8.66. The highest BCUT2D eigenvalue weighted by atomic mass is 16.5. The molecule has 6 aliphatic carbocycles. The molecule has 0 saturated heterocycles. The van der Waals surface area contributed by atoms with Crippen LogP contribution in [0.5, 0.6) is 0 Å². The molecule has 10 atom stereocenters. The molecule has 0 radical (unpaired) electrons. The number of hydrogen-bond donors (Lipinski definition) is 0. The third kappa shape index (κ3) is 1.20. The van der Waals surface area contributed by atoms with Crippen molar-refractivity contribution in [3.63, 3.8) is 0 Å². The van der Waals surface area contributed by atoms with Crippen LogP contribution in [-0.2, 0) is 4.74 Å².